The number of thiophene rings is 1. The average molecular weight is 268 g/mol. The number of hydrogen-bond donors (Lipinski definition) is 1. The molecule has 0 aliphatic heterocycles. The van der Waals surface area contributed by atoms with E-state index in [1.54, 1.807) is 0 Å². The molecule has 0 saturated carbocycles. The first kappa shape index (κ1) is 15.7. The Bertz CT molecular complexity index is 359. The Morgan fingerprint density at radius 1 is 1.39 bits per heavy atom. The van der Waals surface area contributed by atoms with E-state index in [2.05, 4.69) is 63.5 Å². The second-order valence-electron chi connectivity index (χ2n) is 5.46. The van der Waals surface area contributed by atoms with Gasteiger partial charge in [0.05, 0.1) is 6.04 Å². The van der Waals surface area contributed by atoms with Crippen LogP contribution in [0.15, 0.2) is 11.4 Å². The topological polar surface area (TPSA) is 15.3 Å². The number of hydrogen-bond acceptors (Lipinski definition) is 3. The van der Waals surface area contributed by atoms with Crippen molar-refractivity contribution in [2.24, 2.45) is 0 Å². The van der Waals surface area contributed by atoms with Gasteiger partial charge in [0.1, 0.15) is 0 Å². The third kappa shape index (κ3) is 3.14. The molecule has 1 N–H and O–H groups in total. The minimum Gasteiger partial charge on any atom is -0.308 e. The van der Waals surface area contributed by atoms with E-state index in [-0.39, 0.29) is 5.54 Å². The van der Waals surface area contributed by atoms with Crippen LogP contribution in [0.4, 0.5) is 0 Å². The molecule has 104 valence electrons. The van der Waals surface area contributed by atoms with Gasteiger partial charge < -0.3 is 10.2 Å². The first-order chi connectivity index (χ1) is 8.47. The molecule has 1 aromatic heterocycles. The summed E-state index contributed by atoms with van der Waals surface area (Å²) < 4.78 is 0. The van der Waals surface area contributed by atoms with E-state index in [0.717, 1.165) is 13.0 Å². The maximum atomic E-state index is 3.75. The predicted octanol–water partition coefficient (Wildman–Crippen LogP) is 3.83. The zero-order valence-corrected chi connectivity index (χ0v) is 13.5. The second kappa shape index (κ2) is 6.69. The lowest BCUT2D eigenvalue weighted by Crippen LogP contribution is -2.51. The molecule has 3 heteroatoms. The number of nitrogens with one attached hydrogen (secondary N) is 1. The summed E-state index contributed by atoms with van der Waals surface area (Å²) in [6.07, 6.45) is 2.31. The fraction of sp³-hybridized carbons (Fsp3) is 0.733. The van der Waals surface area contributed by atoms with Gasteiger partial charge in [-0.05, 0) is 64.3 Å². The van der Waals surface area contributed by atoms with E-state index < -0.39 is 0 Å². The SMILES string of the molecule is CCCNC(c1sccc1C)C(C)(CC)N(C)C. The number of rotatable bonds is 7. The molecule has 0 fully saturated rings. The van der Waals surface area contributed by atoms with Gasteiger partial charge in [-0.15, -0.1) is 11.3 Å². The molecule has 1 heterocycles. The monoisotopic (exact) mass is 268 g/mol. The molecule has 1 aromatic rings. The lowest BCUT2D eigenvalue weighted by atomic mass is 9.85. The first-order valence-electron chi connectivity index (χ1n) is 6.92. The molecule has 0 saturated heterocycles. The van der Waals surface area contributed by atoms with Gasteiger partial charge >= 0.3 is 0 Å². The van der Waals surface area contributed by atoms with Gasteiger partial charge in [0.25, 0.3) is 0 Å². The van der Waals surface area contributed by atoms with Gasteiger partial charge in [-0.1, -0.05) is 13.8 Å². The number of aryl methyl sites for hydroxylation is 1. The van der Waals surface area contributed by atoms with Crippen LogP contribution in [0.25, 0.3) is 0 Å². The summed E-state index contributed by atoms with van der Waals surface area (Å²) in [7, 11) is 4.38. The molecule has 1 rings (SSSR count). The summed E-state index contributed by atoms with van der Waals surface area (Å²) in [5.74, 6) is 0. The summed E-state index contributed by atoms with van der Waals surface area (Å²) in [6, 6.07) is 2.64. The van der Waals surface area contributed by atoms with Crippen molar-refractivity contribution in [1.29, 1.82) is 0 Å². The average Bonchev–Trinajstić information content (AvgIpc) is 2.75. The number of likely N-dealkylation sites (N-methyl/N-ethyl adjacent to an activating group) is 1. The Morgan fingerprint density at radius 3 is 2.44 bits per heavy atom. The maximum Gasteiger partial charge on any atom is 0.0601 e. The van der Waals surface area contributed by atoms with Crippen LogP contribution in [-0.2, 0) is 0 Å². The third-order valence-corrected chi connectivity index (χ3v) is 5.21. The van der Waals surface area contributed by atoms with Crippen LogP contribution in [0.2, 0.25) is 0 Å². The fourth-order valence-corrected chi connectivity index (χ4v) is 3.49. The van der Waals surface area contributed by atoms with E-state index in [1.807, 2.05) is 11.3 Å². The highest BCUT2D eigenvalue weighted by molar-refractivity contribution is 7.10. The van der Waals surface area contributed by atoms with Gasteiger partial charge in [-0.2, -0.15) is 0 Å². The smallest absolute Gasteiger partial charge is 0.0601 e. The normalized spacial score (nSPS) is 16.8. The Morgan fingerprint density at radius 2 is 2.06 bits per heavy atom. The molecule has 0 radical (unpaired) electrons. The minimum absolute atomic E-state index is 0.158. The second-order valence-corrected chi connectivity index (χ2v) is 6.41. The van der Waals surface area contributed by atoms with Gasteiger partial charge in [0, 0.05) is 10.4 Å². The van der Waals surface area contributed by atoms with Crippen LogP contribution in [0.3, 0.4) is 0 Å². The molecule has 0 aliphatic carbocycles. The molecule has 2 unspecified atom stereocenters. The lowest BCUT2D eigenvalue weighted by molar-refractivity contribution is 0.114. The molecule has 0 spiro atoms. The van der Waals surface area contributed by atoms with E-state index in [4.69, 9.17) is 0 Å². The molecular weight excluding hydrogens is 240 g/mol. The van der Waals surface area contributed by atoms with Crippen molar-refractivity contribution >= 4 is 11.3 Å². The number of nitrogens with zero attached hydrogens (tertiary/aromatic N) is 1. The highest BCUT2D eigenvalue weighted by Crippen LogP contribution is 2.36. The highest BCUT2D eigenvalue weighted by Gasteiger charge is 2.36. The molecular formula is C15H28N2S. The lowest BCUT2D eigenvalue weighted by Gasteiger charge is -2.43. The standard InChI is InChI=1S/C15H28N2S/c1-7-10-16-14(13-12(3)9-11-18-13)15(4,8-2)17(5)6/h9,11,14,16H,7-8,10H2,1-6H3. The summed E-state index contributed by atoms with van der Waals surface area (Å²) in [5.41, 5.74) is 1.57. The van der Waals surface area contributed by atoms with Gasteiger partial charge in [-0.3, -0.25) is 0 Å². The Balaban J connectivity index is 3.08. The van der Waals surface area contributed by atoms with E-state index in [9.17, 15) is 0 Å². The van der Waals surface area contributed by atoms with Crippen molar-refractivity contribution in [3.05, 3.63) is 21.9 Å². The van der Waals surface area contributed by atoms with Crippen LogP contribution in [-0.4, -0.2) is 31.1 Å². The van der Waals surface area contributed by atoms with Crippen LogP contribution in [0.5, 0.6) is 0 Å². The summed E-state index contributed by atoms with van der Waals surface area (Å²) in [6.45, 7) is 10.2. The third-order valence-electron chi connectivity index (χ3n) is 4.12. The molecule has 2 atom stereocenters. The van der Waals surface area contributed by atoms with Gasteiger partial charge in [-0.25, -0.2) is 0 Å². The van der Waals surface area contributed by atoms with Gasteiger partial charge in [0.2, 0.25) is 0 Å². The molecule has 0 bridgehead atoms. The summed E-state index contributed by atoms with van der Waals surface area (Å²) in [5, 5.41) is 5.96. The molecule has 0 aliphatic rings. The predicted molar refractivity (Wildman–Crippen MR) is 82.5 cm³/mol. The zero-order valence-electron chi connectivity index (χ0n) is 12.7. The Kier molecular flexibility index (Phi) is 5.83. The molecule has 18 heavy (non-hydrogen) atoms. The van der Waals surface area contributed by atoms with Crippen molar-refractivity contribution < 1.29 is 0 Å². The molecule has 0 aromatic carbocycles. The summed E-state index contributed by atoms with van der Waals surface area (Å²) in [4.78, 5) is 3.85. The maximum absolute atomic E-state index is 3.75. The van der Waals surface area contributed by atoms with Crippen molar-refractivity contribution in [2.45, 2.75) is 52.1 Å². The van der Waals surface area contributed by atoms with E-state index in [0.29, 0.717) is 6.04 Å². The minimum atomic E-state index is 0.158. The quantitative estimate of drug-likeness (QED) is 0.808. The largest absolute Gasteiger partial charge is 0.308 e. The van der Waals surface area contributed by atoms with Crippen LogP contribution in [0, 0.1) is 6.92 Å². The van der Waals surface area contributed by atoms with Crippen molar-refractivity contribution in [2.75, 3.05) is 20.6 Å². The van der Waals surface area contributed by atoms with Crippen LogP contribution in [0.1, 0.15) is 50.1 Å². The van der Waals surface area contributed by atoms with Crippen LogP contribution >= 0.6 is 11.3 Å². The van der Waals surface area contributed by atoms with Crippen molar-refractivity contribution in [3.63, 3.8) is 0 Å². The Labute approximate surface area is 116 Å². The Hall–Kier alpha value is -0.380. The van der Waals surface area contributed by atoms with Gasteiger partial charge in [0.15, 0.2) is 0 Å². The highest BCUT2D eigenvalue weighted by atomic mass is 32.1. The van der Waals surface area contributed by atoms with Crippen molar-refractivity contribution in [3.8, 4) is 0 Å². The summed E-state index contributed by atoms with van der Waals surface area (Å²) >= 11 is 1.88. The zero-order chi connectivity index (χ0) is 13.8. The van der Waals surface area contributed by atoms with E-state index in [1.165, 1.54) is 16.9 Å². The molecule has 0 amide bonds. The fourth-order valence-electron chi connectivity index (χ4n) is 2.34. The molecule has 2 nitrogen and oxygen atoms in total. The van der Waals surface area contributed by atoms with Crippen LogP contribution < -0.4 is 5.32 Å². The first-order valence-corrected chi connectivity index (χ1v) is 7.80. The van der Waals surface area contributed by atoms with E-state index >= 15 is 0 Å². The van der Waals surface area contributed by atoms with Crippen molar-refractivity contribution in [1.82, 2.24) is 10.2 Å².